The molecule has 0 aliphatic heterocycles. The zero-order valence-electron chi connectivity index (χ0n) is 11.4. The number of hydrogen-bond acceptors (Lipinski definition) is 3. The van der Waals surface area contributed by atoms with E-state index in [1.807, 2.05) is 0 Å². The van der Waals surface area contributed by atoms with E-state index in [9.17, 15) is 0 Å². The van der Waals surface area contributed by atoms with Crippen molar-refractivity contribution in [3.8, 4) is 0 Å². The number of thiocarbonyl (C=S) groups is 1. The van der Waals surface area contributed by atoms with Crippen LogP contribution < -0.4 is 11.1 Å². The maximum absolute atomic E-state index is 5.87. The Kier molecular flexibility index (Phi) is 3.44. The Bertz CT molecular complexity index is 512. The van der Waals surface area contributed by atoms with Gasteiger partial charge in [-0.05, 0) is 49.7 Å². The van der Waals surface area contributed by atoms with Crippen LogP contribution in [0.25, 0.3) is 0 Å². The second kappa shape index (κ2) is 5.08. The summed E-state index contributed by atoms with van der Waals surface area (Å²) >= 11 is 5.19. The lowest BCUT2D eigenvalue weighted by Gasteiger charge is -2.20. The van der Waals surface area contributed by atoms with Crippen molar-refractivity contribution in [2.24, 2.45) is 11.7 Å². The molecule has 1 aromatic rings. The molecule has 1 saturated carbocycles. The number of nitrogens with zero attached hydrogens (tertiary/aromatic N) is 1. The minimum atomic E-state index is 0.454. The Morgan fingerprint density at radius 2 is 2.21 bits per heavy atom. The van der Waals surface area contributed by atoms with Gasteiger partial charge in [0, 0.05) is 11.7 Å². The van der Waals surface area contributed by atoms with Gasteiger partial charge in [0.2, 0.25) is 0 Å². The minimum Gasteiger partial charge on any atom is -0.389 e. The van der Waals surface area contributed by atoms with Gasteiger partial charge in [0.25, 0.3) is 0 Å². The average molecular weight is 275 g/mol. The van der Waals surface area contributed by atoms with E-state index in [0.717, 1.165) is 24.2 Å². The van der Waals surface area contributed by atoms with Gasteiger partial charge in [-0.2, -0.15) is 0 Å². The number of aryl methyl sites for hydroxylation is 2. The molecule has 2 atom stereocenters. The Morgan fingerprint density at radius 3 is 2.89 bits per heavy atom. The molecule has 4 heteroatoms. The minimum absolute atomic E-state index is 0.454. The lowest BCUT2D eigenvalue weighted by Crippen LogP contribution is -2.25. The molecule has 3 nitrogen and oxygen atoms in total. The van der Waals surface area contributed by atoms with Crippen molar-refractivity contribution in [1.29, 1.82) is 0 Å². The summed E-state index contributed by atoms with van der Waals surface area (Å²) in [5.41, 5.74) is 9.35. The van der Waals surface area contributed by atoms with Crippen LogP contribution in [0.1, 0.15) is 49.4 Å². The molecule has 2 aliphatic carbocycles. The summed E-state index contributed by atoms with van der Waals surface area (Å²) in [4.78, 5) is 5.25. The fraction of sp³-hybridized carbons (Fsp3) is 0.600. The maximum atomic E-state index is 5.87. The normalized spacial score (nSPS) is 25.3. The topological polar surface area (TPSA) is 50.9 Å². The van der Waals surface area contributed by atoms with Crippen molar-refractivity contribution >= 4 is 23.0 Å². The first kappa shape index (κ1) is 12.9. The summed E-state index contributed by atoms with van der Waals surface area (Å²) in [6.07, 6.45) is 7.20. The predicted molar refractivity (Wildman–Crippen MR) is 82.6 cm³/mol. The van der Waals surface area contributed by atoms with Crippen LogP contribution >= 0.6 is 12.2 Å². The Balaban J connectivity index is 1.92. The predicted octanol–water partition coefficient (Wildman–Crippen LogP) is 2.81. The van der Waals surface area contributed by atoms with Gasteiger partial charge < -0.3 is 11.1 Å². The largest absolute Gasteiger partial charge is 0.389 e. The van der Waals surface area contributed by atoms with Gasteiger partial charge in [-0.3, -0.25) is 0 Å². The highest BCUT2D eigenvalue weighted by atomic mass is 32.1. The fourth-order valence-electron chi connectivity index (χ4n) is 3.31. The van der Waals surface area contributed by atoms with Crippen molar-refractivity contribution in [3.05, 3.63) is 22.9 Å². The zero-order valence-corrected chi connectivity index (χ0v) is 12.2. The van der Waals surface area contributed by atoms with Crippen molar-refractivity contribution in [3.63, 3.8) is 0 Å². The van der Waals surface area contributed by atoms with Gasteiger partial charge in [-0.25, -0.2) is 4.98 Å². The van der Waals surface area contributed by atoms with E-state index in [1.54, 1.807) is 0 Å². The van der Waals surface area contributed by atoms with Crippen LogP contribution in [0.2, 0.25) is 0 Å². The number of nitrogens with one attached hydrogen (secondary N) is 1. The molecule has 102 valence electrons. The van der Waals surface area contributed by atoms with Crippen molar-refractivity contribution in [2.75, 3.05) is 5.32 Å². The molecule has 19 heavy (non-hydrogen) atoms. The Hall–Kier alpha value is -1.16. The van der Waals surface area contributed by atoms with Crippen LogP contribution in [-0.4, -0.2) is 16.0 Å². The van der Waals surface area contributed by atoms with E-state index in [-0.39, 0.29) is 0 Å². The summed E-state index contributed by atoms with van der Waals surface area (Å²) in [5.74, 6) is 1.61. The summed E-state index contributed by atoms with van der Waals surface area (Å²) in [5, 5.41) is 3.59. The number of nitrogens with two attached hydrogens (primary N) is 1. The van der Waals surface area contributed by atoms with Crippen molar-refractivity contribution in [1.82, 2.24) is 4.98 Å². The summed E-state index contributed by atoms with van der Waals surface area (Å²) in [7, 11) is 0. The maximum Gasteiger partial charge on any atom is 0.136 e. The second-order valence-corrected chi connectivity index (χ2v) is 6.31. The summed E-state index contributed by atoms with van der Waals surface area (Å²) in [6.45, 7) is 2.30. The summed E-state index contributed by atoms with van der Waals surface area (Å²) in [6, 6.07) is 2.67. The smallest absolute Gasteiger partial charge is 0.136 e. The molecule has 0 bridgehead atoms. The van der Waals surface area contributed by atoms with Gasteiger partial charge in [-0.1, -0.05) is 25.6 Å². The summed E-state index contributed by atoms with van der Waals surface area (Å²) < 4.78 is 0. The molecule has 0 saturated heterocycles. The van der Waals surface area contributed by atoms with Gasteiger partial charge in [0.15, 0.2) is 0 Å². The Morgan fingerprint density at radius 1 is 1.37 bits per heavy atom. The van der Waals surface area contributed by atoms with E-state index in [1.165, 1.54) is 36.9 Å². The third-order valence-electron chi connectivity index (χ3n) is 4.50. The van der Waals surface area contributed by atoms with Gasteiger partial charge in [0.05, 0.1) is 5.56 Å². The van der Waals surface area contributed by atoms with Crippen LogP contribution in [0.3, 0.4) is 0 Å². The SMILES string of the molecule is CC1CCCC1Nc1nc2c(cc1C(N)=S)CCC2. The van der Waals surface area contributed by atoms with Crippen LogP contribution in [-0.2, 0) is 12.8 Å². The molecular weight excluding hydrogens is 254 g/mol. The molecule has 0 amide bonds. The van der Waals surface area contributed by atoms with E-state index in [2.05, 4.69) is 18.3 Å². The second-order valence-electron chi connectivity index (χ2n) is 5.87. The van der Waals surface area contributed by atoms with Gasteiger partial charge in [-0.15, -0.1) is 0 Å². The highest BCUT2D eigenvalue weighted by molar-refractivity contribution is 7.80. The molecule has 1 heterocycles. The number of rotatable bonds is 3. The van der Waals surface area contributed by atoms with E-state index in [0.29, 0.717) is 16.9 Å². The monoisotopic (exact) mass is 275 g/mol. The molecule has 3 N–H and O–H groups in total. The first-order valence-corrected chi connectivity index (χ1v) is 7.65. The first-order valence-electron chi connectivity index (χ1n) is 7.24. The highest BCUT2D eigenvalue weighted by Gasteiger charge is 2.25. The van der Waals surface area contributed by atoms with Gasteiger partial charge >= 0.3 is 0 Å². The van der Waals surface area contributed by atoms with E-state index < -0.39 is 0 Å². The standard InChI is InChI=1S/C15H21N3S/c1-9-4-2-6-12(9)17-15-11(14(16)19)8-10-5-3-7-13(10)18-15/h8-9,12H,2-7H2,1H3,(H2,16,19)(H,17,18). The molecule has 1 fully saturated rings. The lowest BCUT2D eigenvalue weighted by atomic mass is 10.1. The van der Waals surface area contributed by atoms with Crippen LogP contribution in [0.4, 0.5) is 5.82 Å². The van der Waals surface area contributed by atoms with Crippen LogP contribution in [0.5, 0.6) is 0 Å². The number of pyridine rings is 1. The molecule has 0 radical (unpaired) electrons. The molecule has 3 rings (SSSR count). The first-order chi connectivity index (χ1) is 9.15. The third-order valence-corrected chi connectivity index (χ3v) is 4.72. The third kappa shape index (κ3) is 2.46. The lowest BCUT2D eigenvalue weighted by molar-refractivity contribution is 0.554. The van der Waals surface area contributed by atoms with Crippen molar-refractivity contribution in [2.45, 2.75) is 51.5 Å². The molecular formula is C15H21N3S. The fourth-order valence-corrected chi connectivity index (χ4v) is 3.46. The van der Waals surface area contributed by atoms with E-state index >= 15 is 0 Å². The number of anilines is 1. The number of aromatic nitrogens is 1. The molecule has 2 unspecified atom stereocenters. The Labute approximate surface area is 120 Å². The zero-order chi connectivity index (χ0) is 13.4. The quantitative estimate of drug-likeness (QED) is 0.833. The van der Waals surface area contributed by atoms with Crippen LogP contribution in [0.15, 0.2) is 6.07 Å². The molecule has 1 aromatic heterocycles. The highest BCUT2D eigenvalue weighted by Crippen LogP contribution is 2.30. The van der Waals surface area contributed by atoms with Crippen molar-refractivity contribution < 1.29 is 0 Å². The number of fused-ring (bicyclic) bond motifs is 1. The molecule has 2 aliphatic rings. The molecule has 0 aromatic carbocycles. The number of hydrogen-bond donors (Lipinski definition) is 2. The molecule has 0 spiro atoms. The van der Waals surface area contributed by atoms with E-state index in [4.69, 9.17) is 22.9 Å². The van der Waals surface area contributed by atoms with Gasteiger partial charge in [0.1, 0.15) is 10.8 Å². The van der Waals surface area contributed by atoms with Crippen LogP contribution in [0, 0.1) is 5.92 Å². The average Bonchev–Trinajstić information content (AvgIpc) is 2.97.